The minimum atomic E-state index is -0.451. The molecule has 0 unspecified atom stereocenters. The van der Waals surface area contributed by atoms with E-state index in [1.165, 1.54) is 13.3 Å². The van der Waals surface area contributed by atoms with Crippen LogP contribution in [0.3, 0.4) is 0 Å². The molecule has 0 spiro atoms. The number of aromatic nitrogens is 2. The number of aromatic amines is 1. The Balaban J connectivity index is 2.20. The number of nitrogens with one attached hydrogen (secondary N) is 2. The third-order valence-corrected chi connectivity index (χ3v) is 2.41. The van der Waals surface area contributed by atoms with Gasteiger partial charge in [0.2, 0.25) is 0 Å². The Morgan fingerprint density at radius 3 is 3.06 bits per heavy atom. The maximum Gasteiger partial charge on any atom is 0.307 e. The van der Waals surface area contributed by atoms with Crippen LogP contribution in [0.15, 0.2) is 11.0 Å². The smallest absolute Gasteiger partial charge is 0.307 e. The normalized spacial score (nSPS) is 10.1. The number of H-pyrrole nitrogens is 1. The maximum absolute atomic E-state index is 11.1. The van der Waals surface area contributed by atoms with Gasteiger partial charge in [-0.3, -0.25) is 9.59 Å². The van der Waals surface area contributed by atoms with Gasteiger partial charge < -0.3 is 14.8 Å². The molecule has 0 aromatic carbocycles. The standard InChI is InChI=1S/C10H14ClN3O4/c1-17-8(15)2-4-18-5-3-12-7-6-13-14-10(16)9(7)11/h6H,2-5H2,1H3,(H2,12,14,16). The molecule has 0 aliphatic heterocycles. The van der Waals surface area contributed by atoms with Crippen LogP contribution in [0, 0.1) is 0 Å². The van der Waals surface area contributed by atoms with Gasteiger partial charge in [0.1, 0.15) is 5.02 Å². The lowest BCUT2D eigenvalue weighted by Gasteiger charge is -2.07. The van der Waals surface area contributed by atoms with Crippen LogP contribution in [0.5, 0.6) is 0 Å². The van der Waals surface area contributed by atoms with Gasteiger partial charge in [0.15, 0.2) is 0 Å². The second-order valence-electron chi connectivity index (χ2n) is 3.29. The predicted octanol–water partition coefficient (Wildman–Crippen LogP) is 0.415. The highest BCUT2D eigenvalue weighted by Crippen LogP contribution is 2.13. The summed E-state index contributed by atoms with van der Waals surface area (Å²) in [6, 6.07) is 0. The summed E-state index contributed by atoms with van der Waals surface area (Å²) in [5.41, 5.74) is -0.00902. The Hall–Kier alpha value is -1.60. The van der Waals surface area contributed by atoms with E-state index >= 15 is 0 Å². The van der Waals surface area contributed by atoms with Gasteiger partial charge in [-0.1, -0.05) is 11.6 Å². The van der Waals surface area contributed by atoms with Crippen molar-refractivity contribution < 1.29 is 14.3 Å². The van der Waals surface area contributed by atoms with Crippen LogP contribution in [0.25, 0.3) is 0 Å². The van der Waals surface area contributed by atoms with Crippen LogP contribution in [0.1, 0.15) is 6.42 Å². The molecule has 0 aliphatic carbocycles. The van der Waals surface area contributed by atoms with Gasteiger partial charge >= 0.3 is 5.97 Å². The highest BCUT2D eigenvalue weighted by Gasteiger charge is 2.04. The van der Waals surface area contributed by atoms with Gasteiger partial charge in [0.25, 0.3) is 5.56 Å². The molecule has 0 saturated heterocycles. The van der Waals surface area contributed by atoms with Gasteiger partial charge in [-0.2, -0.15) is 5.10 Å². The fourth-order valence-corrected chi connectivity index (χ4v) is 1.28. The molecule has 1 aromatic rings. The quantitative estimate of drug-likeness (QED) is 0.553. The molecule has 0 fully saturated rings. The highest BCUT2D eigenvalue weighted by atomic mass is 35.5. The van der Waals surface area contributed by atoms with E-state index in [2.05, 4.69) is 20.3 Å². The fourth-order valence-electron chi connectivity index (χ4n) is 1.12. The Morgan fingerprint density at radius 2 is 2.33 bits per heavy atom. The molecule has 0 saturated carbocycles. The molecule has 7 nitrogen and oxygen atoms in total. The van der Waals surface area contributed by atoms with E-state index in [4.69, 9.17) is 16.3 Å². The maximum atomic E-state index is 11.1. The number of hydrogen-bond donors (Lipinski definition) is 2. The summed E-state index contributed by atoms with van der Waals surface area (Å²) >= 11 is 5.75. The Morgan fingerprint density at radius 1 is 1.56 bits per heavy atom. The number of anilines is 1. The molecule has 2 N–H and O–H groups in total. The van der Waals surface area contributed by atoms with E-state index in [1.54, 1.807) is 0 Å². The van der Waals surface area contributed by atoms with E-state index in [1.807, 2.05) is 0 Å². The van der Waals surface area contributed by atoms with Crippen molar-refractivity contribution in [1.82, 2.24) is 10.2 Å². The topological polar surface area (TPSA) is 93.3 Å². The predicted molar refractivity (Wildman–Crippen MR) is 65.8 cm³/mol. The Labute approximate surface area is 108 Å². The van der Waals surface area contributed by atoms with Crippen molar-refractivity contribution in [3.05, 3.63) is 21.6 Å². The molecule has 1 rings (SSSR count). The number of rotatable bonds is 7. The first-order valence-electron chi connectivity index (χ1n) is 5.26. The number of methoxy groups -OCH3 is 1. The molecule has 0 amide bonds. The molecule has 18 heavy (non-hydrogen) atoms. The molecule has 1 heterocycles. The summed E-state index contributed by atoms with van der Waals surface area (Å²) in [4.78, 5) is 21.9. The van der Waals surface area contributed by atoms with Crippen molar-refractivity contribution in [2.75, 3.05) is 32.2 Å². The molecular formula is C10H14ClN3O4. The number of carbonyl (C=O) groups is 1. The number of ether oxygens (including phenoxy) is 2. The summed E-state index contributed by atoms with van der Waals surface area (Å²) in [7, 11) is 1.33. The van der Waals surface area contributed by atoms with Crippen LogP contribution in [0.4, 0.5) is 5.69 Å². The molecule has 0 atom stereocenters. The summed E-state index contributed by atoms with van der Waals surface area (Å²) in [6.07, 6.45) is 1.63. The third-order valence-electron chi connectivity index (χ3n) is 2.04. The molecular weight excluding hydrogens is 262 g/mol. The van der Waals surface area contributed by atoms with Crippen LogP contribution in [-0.2, 0) is 14.3 Å². The largest absolute Gasteiger partial charge is 0.469 e. The summed E-state index contributed by atoms with van der Waals surface area (Å²) < 4.78 is 9.64. The van der Waals surface area contributed by atoms with Crippen LogP contribution >= 0.6 is 11.6 Å². The van der Waals surface area contributed by atoms with E-state index < -0.39 is 5.56 Å². The summed E-state index contributed by atoms with van der Waals surface area (Å²) in [5, 5.41) is 8.77. The zero-order valence-corrected chi connectivity index (χ0v) is 10.6. The zero-order chi connectivity index (χ0) is 13.4. The Kier molecular flexibility index (Phi) is 6.16. The minimum absolute atomic E-state index is 0.0551. The average Bonchev–Trinajstić information content (AvgIpc) is 2.38. The van der Waals surface area contributed by atoms with Gasteiger partial charge in [-0.15, -0.1) is 0 Å². The van der Waals surface area contributed by atoms with Crippen molar-refractivity contribution in [1.29, 1.82) is 0 Å². The minimum Gasteiger partial charge on any atom is -0.469 e. The first kappa shape index (κ1) is 14.5. The lowest BCUT2D eigenvalue weighted by atomic mass is 10.4. The van der Waals surface area contributed by atoms with Gasteiger partial charge in [-0.25, -0.2) is 5.10 Å². The van der Waals surface area contributed by atoms with E-state index in [-0.39, 0.29) is 24.0 Å². The number of hydrogen-bond acceptors (Lipinski definition) is 6. The summed E-state index contributed by atoms with van der Waals surface area (Å²) in [5.74, 6) is -0.315. The van der Waals surface area contributed by atoms with Crippen molar-refractivity contribution in [2.45, 2.75) is 6.42 Å². The number of halogens is 1. The van der Waals surface area contributed by atoms with E-state index in [0.29, 0.717) is 18.8 Å². The molecule has 0 aliphatic rings. The van der Waals surface area contributed by atoms with E-state index in [0.717, 1.165) is 0 Å². The van der Waals surface area contributed by atoms with Crippen LogP contribution in [-0.4, -0.2) is 43.0 Å². The molecule has 8 heteroatoms. The monoisotopic (exact) mass is 275 g/mol. The number of esters is 1. The molecule has 1 aromatic heterocycles. The number of nitrogens with zero attached hydrogens (tertiary/aromatic N) is 1. The summed E-state index contributed by atoms with van der Waals surface area (Å²) in [6.45, 7) is 1.11. The Bertz CT molecular complexity index is 449. The average molecular weight is 276 g/mol. The van der Waals surface area contributed by atoms with Gasteiger partial charge in [-0.05, 0) is 0 Å². The zero-order valence-electron chi connectivity index (χ0n) is 9.86. The molecule has 0 radical (unpaired) electrons. The first-order valence-corrected chi connectivity index (χ1v) is 5.64. The second kappa shape index (κ2) is 7.67. The SMILES string of the molecule is COC(=O)CCOCCNc1cn[nH]c(=O)c1Cl. The van der Waals surface area contributed by atoms with E-state index in [9.17, 15) is 9.59 Å². The fraction of sp³-hybridized carbons (Fsp3) is 0.500. The molecule has 0 bridgehead atoms. The lowest BCUT2D eigenvalue weighted by molar-refractivity contribution is -0.141. The lowest BCUT2D eigenvalue weighted by Crippen LogP contribution is -2.16. The van der Waals surface area contributed by atoms with Gasteiger partial charge in [0, 0.05) is 6.54 Å². The second-order valence-corrected chi connectivity index (χ2v) is 3.67. The van der Waals surface area contributed by atoms with Crippen molar-refractivity contribution in [3.63, 3.8) is 0 Å². The third kappa shape index (κ3) is 4.72. The van der Waals surface area contributed by atoms with Crippen molar-refractivity contribution in [2.24, 2.45) is 0 Å². The van der Waals surface area contributed by atoms with Crippen molar-refractivity contribution in [3.8, 4) is 0 Å². The molecule has 100 valence electrons. The first-order chi connectivity index (χ1) is 8.65. The van der Waals surface area contributed by atoms with Gasteiger partial charge in [0.05, 0.1) is 38.6 Å². The van der Waals surface area contributed by atoms with Crippen LogP contribution < -0.4 is 10.9 Å². The van der Waals surface area contributed by atoms with Crippen LogP contribution in [0.2, 0.25) is 5.02 Å². The van der Waals surface area contributed by atoms with Crippen molar-refractivity contribution >= 4 is 23.3 Å². The highest BCUT2D eigenvalue weighted by molar-refractivity contribution is 6.32. The number of carbonyl (C=O) groups excluding carboxylic acids is 1.